The number of Topliss-reactive ketones (excluding diaryl/α,β-unsaturated/α-hetero) is 1. The maximum atomic E-state index is 13.5. The van der Waals surface area contributed by atoms with Gasteiger partial charge in [-0.3, -0.25) is 9.59 Å². The third-order valence-electron chi connectivity index (χ3n) is 7.31. The number of carbonyl (C=O) groups excluding carboxylic acids is 2. The highest BCUT2D eigenvalue weighted by molar-refractivity contribution is 6.46. The third-order valence-corrected chi connectivity index (χ3v) is 7.31. The van der Waals surface area contributed by atoms with E-state index in [2.05, 4.69) is 18.8 Å². The highest BCUT2D eigenvalue weighted by atomic mass is 16.5. The quantitative estimate of drug-likeness (QED) is 0.210. The Kier molecular flexibility index (Phi) is 8.83. The molecule has 40 heavy (non-hydrogen) atoms. The van der Waals surface area contributed by atoms with Gasteiger partial charge in [0, 0.05) is 12.7 Å². The Morgan fingerprint density at radius 1 is 1.15 bits per heavy atom. The van der Waals surface area contributed by atoms with Crippen LogP contribution in [0.2, 0.25) is 0 Å². The lowest BCUT2D eigenvalue weighted by Crippen LogP contribution is -2.32. The zero-order chi connectivity index (χ0) is 29.1. The lowest BCUT2D eigenvalue weighted by Gasteiger charge is -2.26. The summed E-state index contributed by atoms with van der Waals surface area (Å²) in [5.41, 5.74) is 3.25. The number of aromatic nitrogens is 2. The summed E-state index contributed by atoms with van der Waals surface area (Å²) in [5, 5.41) is 11.6. The lowest BCUT2D eigenvalue weighted by molar-refractivity contribution is -0.139. The van der Waals surface area contributed by atoms with Crippen LogP contribution in [0.1, 0.15) is 55.2 Å². The molecule has 1 fully saturated rings. The molecular formula is C31H40N4O5. The summed E-state index contributed by atoms with van der Waals surface area (Å²) in [6.07, 6.45) is 3.42. The first-order chi connectivity index (χ1) is 19.0. The smallest absolute Gasteiger partial charge is 0.295 e. The molecule has 0 saturated carbocycles. The third kappa shape index (κ3) is 5.70. The number of hydrogen-bond donors (Lipinski definition) is 1. The van der Waals surface area contributed by atoms with E-state index in [-0.39, 0.29) is 17.0 Å². The van der Waals surface area contributed by atoms with E-state index in [0.29, 0.717) is 53.9 Å². The fourth-order valence-corrected chi connectivity index (χ4v) is 5.07. The van der Waals surface area contributed by atoms with Gasteiger partial charge < -0.3 is 28.8 Å². The summed E-state index contributed by atoms with van der Waals surface area (Å²) in [4.78, 5) is 35.1. The molecule has 4 rings (SSSR count). The lowest BCUT2D eigenvalue weighted by atomic mass is 9.96. The number of aryl methyl sites for hydroxylation is 2. The number of amides is 1. The van der Waals surface area contributed by atoms with E-state index in [1.807, 2.05) is 61.6 Å². The van der Waals surface area contributed by atoms with Crippen LogP contribution in [0.25, 0.3) is 11.4 Å². The van der Waals surface area contributed by atoms with Crippen LogP contribution in [0.5, 0.6) is 11.5 Å². The van der Waals surface area contributed by atoms with Crippen molar-refractivity contribution in [2.75, 3.05) is 40.9 Å². The molecule has 1 aliphatic rings. The molecule has 3 aromatic rings. The van der Waals surface area contributed by atoms with Crippen LogP contribution in [0.3, 0.4) is 0 Å². The van der Waals surface area contributed by atoms with E-state index in [0.717, 1.165) is 18.5 Å². The molecule has 2 aromatic heterocycles. The van der Waals surface area contributed by atoms with Crippen LogP contribution >= 0.6 is 0 Å². The number of methoxy groups -OCH3 is 1. The van der Waals surface area contributed by atoms with Gasteiger partial charge >= 0.3 is 0 Å². The number of ether oxygens (including phenoxy) is 2. The summed E-state index contributed by atoms with van der Waals surface area (Å²) < 4.78 is 13.5. The number of rotatable bonds is 11. The van der Waals surface area contributed by atoms with Crippen molar-refractivity contribution in [2.45, 2.75) is 46.6 Å². The molecule has 214 valence electrons. The summed E-state index contributed by atoms with van der Waals surface area (Å²) in [5.74, 6) is -0.0620. The van der Waals surface area contributed by atoms with E-state index < -0.39 is 17.7 Å². The van der Waals surface area contributed by atoms with Crippen molar-refractivity contribution in [3.8, 4) is 11.5 Å². The number of aliphatic hydroxyl groups is 1. The molecular weight excluding hydrogens is 508 g/mol. The number of hydrogen-bond acceptors (Lipinski definition) is 7. The average Bonchev–Trinajstić information content (AvgIpc) is 3.38. The fraction of sp³-hybridized carbons (Fsp3) is 0.452. The molecule has 3 heterocycles. The Morgan fingerprint density at radius 3 is 2.55 bits per heavy atom. The van der Waals surface area contributed by atoms with Gasteiger partial charge in [0.2, 0.25) is 0 Å². The number of ketones is 1. The first-order valence-corrected chi connectivity index (χ1v) is 13.7. The molecule has 9 nitrogen and oxygen atoms in total. The van der Waals surface area contributed by atoms with Crippen LogP contribution in [-0.4, -0.2) is 76.9 Å². The Morgan fingerprint density at radius 2 is 1.90 bits per heavy atom. The molecule has 1 saturated heterocycles. The molecule has 0 aliphatic carbocycles. The minimum absolute atomic E-state index is 0.0227. The van der Waals surface area contributed by atoms with Gasteiger partial charge in [0.05, 0.1) is 31.0 Å². The first kappa shape index (κ1) is 29.1. The number of likely N-dealkylation sites (tertiary alicyclic amines) is 1. The minimum Gasteiger partial charge on any atom is -0.505 e. The minimum atomic E-state index is -0.800. The van der Waals surface area contributed by atoms with Gasteiger partial charge in [0.1, 0.15) is 11.3 Å². The Labute approximate surface area is 236 Å². The Balaban J connectivity index is 1.83. The molecule has 1 unspecified atom stereocenters. The van der Waals surface area contributed by atoms with Crippen LogP contribution in [0, 0.1) is 19.8 Å². The van der Waals surface area contributed by atoms with Crippen molar-refractivity contribution in [1.29, 1.82) is 0 Å². The Hall–Kier alpha value is -3.85. The number of fused-ring (bicyclic) bond motifs is 1. The highest BCUT2D eigenvalue weighted by Crippen LogP contribution is 2.42. The van der Waals surface area contributed by atoms with E-state index in [1.165, 1.54) is 0 Å². The monoisotopic (exact) mass is 548 g/mol. The number of imidazole rings is 1. The van der Waals surface area contributed by atoms with E-state index in [1.54, 1.807) is 24.1 Å². The summed E-state index contributed by atoms with van der Waals surface area (Å²) in [6, 6.07) is 8.46. The molecule has 0 radical (unpaired) electrons. The van der Waals surface area contributed by atoms with Crippen molar-refractivity contribution >= 4 is 23.1 Å². The second kappa shape index (κ2) is 12.1. The highest BCUT2D eigenvalue weighted by Gasteiger charge is 2.46. The topological polar surface area (TPSA) is 96.6 Å². The van der Waals surface area contributed by atoms with Crippen LogP contribution in [-0.2, 0) is 9.59 Å². The van der Waals surface area contributed by atoms with Gasteiger partial charge in [0.15, 0.2) is 17.3 Å². The average molecular weight is 549 g/mol. The van der Waals surface area contributed by atoms with Crippen molar-refractivity contribution in [2.24, 2.45) is 5.92 Å². The zero-order valence-corrected chi connectivity index (χ0v) is 24.5. The normalized spacial score (nSPS) is 17.0. The number of nitrogens with zero attached hydrogens (tertiary/aromatic N) is 4. The van der Waals surface area contributed by atoms with E-state index in [4.69, 9.17) is 9.47 Å². The fourth-order valence-electron chi connectivity index (χ4n) is 5.07. The molecule has 1 amide bonds. The molecule has 1 N–H and O–H groups in total. The maximum Gasteiger partial charge on any atom is 0.295 e. The number of carbonyl (C=O) groups is 2. The molecule has 9 heteroatoms. The second-order valence-corrected chi connectivity index (χ2v) is 11.0. The van der Waals surface area contributed by atoms with Gasteiger partial charge in [-0.15, -0.1) is 0 Å². The number of aliphatic hydroxyl groups excluding tert-OH is 1. The first-order valence-electron chi connectivity index (χ1n) is 13.7. The summed E-state index contributed by atoms with van der Waals surface area (Å²) in [7, 11) is 5.48. The largest absolute Gasteiger partial charge is 0.505 e. The van der Waals surface area contributed by atoms with Gasteiger partial charge in [-0.1, -0.05) is 26.0 Å². The maximum absolute atomic E-state index is 13.5. The van der Waals surface area contributed by atoms with Gasteiger partial charge in [0.25, 0.3) is 11.7 Å². The predicted octanol–water partition coefficient (Wildman–Crippen LogP) is 4.76. The van der Waals surface area contributed by atoms with Crippen molar-refractivity contribution in [1.82, 2.24) is 19.2 Å². The van der Waals surface area contributed by atoms with Crippen molar-refractivity contribution in [3.05, 3.63) is 64.6 Å². The van der Waals surface area contributed by atoms with Crippen molar-refractivity contribution in [3.63, 3.8) is 0 Å². The van der Waals surface area contributed by atoms with Crippen LogP contribution < -0.4 is 9.47 Å². The van der Waals surface area contributed by atoms with Gasteiger partial charge in [-0.25, -0.2) is 4.98 Å². The summed E-state index contributed by atoms with van der Waals surface area (Å²) in [6.45, 7) is 9.68. The molecule has 1 aromatic carbocycles. The molecule has 0 spiro atoms. The Bertz CT molecular complexity index is 1440. The van der Waals surface area contributed by atoms with Gasteiger partial charge in [-0.05, 0) is 82.6 Å². The van der Waals surface area contributed by atoms with Crippen LogP contribution in [0.4, 0.5) is 0 Å². The zero-order valence-electron chi connectivity index (χ0n) is 24.5. The second-order valence-electron chi connectivity index (χ2n) is 11.0. The predicted molar refractivity (Wildman–Crippen MR) is 155 cm³/mol. The molecule has 1 atom stereocenters. The summed E-state index contributed by atoms with van der Waals surface area (Å²) >= 11 is 0. The van der Waals surface area contributed by atoms with Crippen molar-refractivity contribution < 1.29 is 24.2 Å². The SMILES string of the molecule is COc1cc(C2C(=C(O)c3nc4c(C)cccn4c3C)C(=O)C(=O)N2CCCN(C)C)ccc1OCCC(C)C. The standard InChI is InChI=1S/C31H40N4O5/c1-19(2)13-17-40-23-12-11-22(18-24(23)39-7)27-25(29(37)31(38)35(27)16-9-14-33(5)6)28(36)26-21(4)34-15-8-10-20(3)30(34)32-26/h8,10-12,15,18-19,27,36H,9,13-14,16-17H2,1-7H3. The number of benzene rings is 1. The van der Waals surface area contributed by atoms with Crippen LogP contribution in [0.15, 0.2) is 42.1 Å². The van der Waals surface area contributed by atoms with Gasteiger partial charge in [-0.2, -0.15) is 0 Å². The van der Waals surface area contributed by atoms with E-state index in [9.17, 15) is 14.7 Å². The number of pyridine rings is 1. The molecule has 1 aliphatic heterocycles. The van der Waals surface area contributed by atoms with E-state index >= 15 is 0 Å². The molecule has 0 bridgehead atoms.